The van der Waals surface area contributed by atoms with Gasteiger partial charge in [-0.3, -0.25) is 4.99 Å². The first kappa shape index (κ1) is 21.2. The normalized spacial score (nSPS) is 18.3. The predicted octanol–water partition coefficient (Wildman–Crippen LogP) is 3.30. The van der Waals surface area contributed by atoms with E-state index in [9.17, 15) is 0 Å². The molecule has 148 valence electrons. The minimum atomic E-state index is 0.324. The fraction of sp³-hybridized carbons (Fsp3) is 0.750. The molecule has 5 nitrogen and oxygen atoms in total. The summed E-state index contributed by atoms with van der Waals surface area (Å²) in [5.41, 5.74) is 1.38. The van der Waals surface area contributed by atoms with Gasteiger partial charge in [-0.25, -0.2) is 0 Å². The fourth-order valence-electron chi connectivity index (χ4n) is 3.12. The van der Waals surface area contributed by atoms with Crippen molar-refractivity contribution >= 4 is 17.3 Å². The third-order valence-corrected chi connectivity index (χ3v) is 5.47. The molecule has 1 unspecified atom stereocenters. The highest BCUT2D eigenvalue weighted by Gasteiger charge is 2.20. The molecule has 1 aromatic rings. The number of thiophene rings is 1. The van der Waals surface area contributed by atoms with Crippen LogP contribution in [0, 0.1) is 0 Å². The summed E-state index contributed by atoms with van der Waals surface area (Å²) in [4.78, 5) is 7.32. The Morgan fingerprint density at radius 3 is 2.73 bits per heavy atom. The fourth-order valence-corrected chi connectivity index (χ4v) is 3.90. The summed E-state index contributed by atoms with van der Waals surface area (Å²) >= 11 is 1.75. The summed E-state index contributed by atoms with van der Waals surface area (Å²) in [6.45, 7) is 14.4. The van der Waals surface area contributed by atoms with Crippen molar-refractivity contribution in [2.45, 2.75) is 58.6 Å². The number of ether oxygens (including phenoxy) is 1. The van der Waals surface area contributed by atoms with E-state index in [4.69, 9.17) is 9.73 Å². The summed E-state index contributed by atoms with van der Waals surface area (Å²) < 4.78 is 5.67. The highest BCUT2D eigenvalue weighted by Crippen LogP contribution is 2.18. The molecule has 1 fully saturated rings. The molecule has 0 spiro atoms. The van der Waals surface area contributed by atoms with Crippen LogP contribution in [0.15, 0.2) is 21.8 Å². The van der Waals surface area contributed by atoms with Gasteiger partial charge < -0.3 is 20.3 Å². The first-order valence-electron chi connectivity index (χ1n) is 9.99. The number of hydrogen-bond donors (Lipinski definition) is 2. The average Bonchev–Trinajstić information content (AvgIpc) is 3.15. The lowest BCUT2D eigenvalue weighted by Gasteiger charge is -2.33. The molecule has 2 N–H and O–H groups in total. The van der Waals surface area contributed by atoms with Gasteiger partial charge in [0.05, 0.1) is 12.7 Å². The molecule has 1 aliphatic heterocycles. The predicted molar refractivity (Wildman–Crippen MR) is 112 cm³/mol. The van der Waals surface area contributed by atoms with Gasteiger partial charge in [-0.2, -0.15) is 11.3 Å². The Morgan fingerprint density at radius 1 is 1.35 bits per heavy atom. The van der Waals surface area contributed by atoms with E-state index >= 15 is 0 Å². The quantitative estimate of drug-likeness (QED) is 0.510. The zero-order valence-electron chi connectivity index (χ0n) is 16.8. The maximum atomic E-state index is 5.67. The standard InChI is InChI=1S/C20H36N4OS/c1-5-21-20(22-14-17(4)18-8-13-26-15-18)23-19-6-9-24(10-7-19)11-12-25-16(2)3/h8,13,15-17,19H,5-7,9-12,14H2,1-4H3,(H2,21,22,23). The van der Waals surface area contributed by atoms with Gasteiger partial charge in [0.25, 0.3) is 0 Å². The van der Waals surface area contributed by atoms with Gasteiger partial charge in [-0.1, -0.05) is 6.92 Å². The molecule has 0 radical (unpaired) electrons. The largest absolute Gasteiger partial charge is 0.377 e. The number of guanidine groups is 1. The van der Waals surface area contributed by atoms with Crippen LogP contribution in [0.2, 0.25) is 0 Å². The minimum Gasteiger partial charge on any atom is -0.377 e. The van der Waals surface area contributed by atoms with Crippen molar-refractivity contribution < 1.29 is 4.74 Å². The molecule has 0 bridgehead atoms. The topological polar surface area (TPSA) is 48.9 Å². The Balaban J connectivity index is 1.74. The molecule has 1 saturated heterocycles. The van der Waals surface area contributed by atoms with E-state index in [1.807, 2.05) is 0 Å². The Morgan fingerprint density at radius 2 is 2.12 bits per heavy atom. The van der Waals surface area contributed by atoms with Crippen LogP contribution in [0.4, 0.5) is 0 Å². The summed E-state index contributed by atoms with van der Waals surface area (Å²) in [7, 11) is 0. The smallest absolute Gasteiger partial charge is 0.191 e. The van der Waals surface area contributed by atoms with Gasteiger partial charge in [-0.15, -0.1) is 0 Å². The number of nitrogens with one attached hydrogen (secondary N) is 2. The minimum absolute atomic E-state index is 0.324. The van der Waals surface area contributed by atoms with E-state index < -0.39 is 0 Å². The maximum absolute atomic E-state index is 5.67. The molecule has 0 amide bonds. The number of nitrogens with zero attached hydrogens (tertiary/aromatic N) is 2. The highest BCUT2D eigenvalue weighted by atomic mass is 32.1. The monoisotopic (exact) mass is 380 g/mol. The molecule has 1 atom stereocenters. The molecular weight excluding hydrogens is 344 g/mol. The molecule has 1 aromatic heterocycles. The van der Waals surface area contributed by atoms with Gasteiger partial charge in [0.15, 0.2) is 5.96 Å². The van der Waals surface area contributed by atoms with Crippen molar-refractivity contribution in [1.29, 1.82) is 0 Å². The van der Waals surface area contributed by atoms with Crippen LogP contribution in [0.3, 0.4) is 0 Å². The summed E-state index contributed by atoms with van der Waals surface area (Å²) in [6, 6.07) is 2.70. The van der Waals surface area contributed by atoms with Crippen LogP contribution in [0.5, 0.6) is 0 Å². The van der Waals surface area contributed by atoms with E-state index in [-0.39, 0.29) is 0 Å². The molecule has 1 aliphatic rings. The zero-order valence-corrected chi connectivity index (χ0v) is 17.6. The zero-order chi connectivity index (χ0) is 18.8. The lowest BCUT2D eigenvalue weighted by molar-refractivity contribution is 0.0532. The van der Waals surface area contributed by atoms with Gasteiger partial charge in [0.1, 0.15) is 0 Å². The van der Waals surface area contributed by atoms with Crippen molar-refractivity contribution in [3.8, 4) is 0 Å². The molecule has 2 heterocycles. The number of aliphatic imine (C=N–C) groups is 1. The van der Waals surface area contributed by atoms with Crippen molar-refractivity contribution in [3.63, 3.8) is 0 Å². The SMILES string of the molecule is CCNC(=NCC(C)c1ccsc1)NC1CCN(CCOC(C)C)CC1. The highest BCUT2D eigenvalue weighted by molar-refractivity contribution is 7.07. The van der Waals surface area contributed by atoms with Crippen molar-refractivity contribution in [2.75, 3.05) is 39.3 Å². The molecule has 0 aliphatic carbocycles. The molecule has 0 aromatic carbocycles. The number of hydrogen-bond acceptors (Lipinski definition) is 4. The lowest BCUT2D eigenvalue weighted by Crippen LogP contribution is -2.49. The Hall–Kier alpha value is -1.11. The first-order valence-corrected chi connectivity index (χ1v) is 10.9. The molecule has 2 rings (SSSR count). The first-order chi connectivity index (χ1) is 12.6. The lowest BCUT2D eigenvalue weighted by atomic mass is 10.1. The molecule has 6 heteroatoms. The summed E-state index contributed by atoms with van der Waals surface area (Å²) in [6.07, 6.45) is 2.64. The van der Waals surface area contributed by atoms with E-state index in [1.54, 1.807) is 11.3 Å². The van der Waals surface area contributed by atoms with E-state index in [0.29, 0.717) is 18.1 Å². The van der Waals surface area contributed by atoms with E-state index in [2.05, 4.69) is 60.1 Å². The van der Waals surface area contributed by atoms with Crippen molar-refractivity contribution in [3.05, 3.63) is 22.4 Å². The van der Waals surface area contributed by atoms with Crippen LogP contribution in [-0.4, -0.2) is 62.3 Å². The van der Waals surface area contributed by atoms with E-state index in [0.717, 1.165) is 58.1 Å². The second-order valence-electron chi connectivity index (χ2n) is 7.36. The molecule has 0 saturated carbocycles. The van der Waals surface area contributed by atoms with Crippen LogP contribution >= 0.6 is 11.3 Å². The second-order valence-corrected chi connectivity index (χ2v) is 8.14. The number of piperidine rings is 1. The summed E-state index contributed by atoms with van der Waals surface area (Å²) in [5, 5.41) is 11.4. The van der Waals surface area contributed by atoms with Gasteiger partial charge in [0.2, 0.25) is 0 Å². The van der Waals surface area contributed by atoms with Crippen LogP contribution in [0.1, 0.15) is 52.0 Å². The third-order valence-electron chi connectivity index (χ3n) is 4.77. The molecule has 26 heavy (non-hydrogen) atoms. The van der Waals surface area contributed by atoms with Gasteiger partial charge >= 0.3 is 0 Å². The van der Waals surface area contributed by atoms with E-state index in [1.165, 1.54) is 5.56 Å². The van der Waals surface area contributed by atoms with Crippen LogP contribution in [0.25, 0.3) is 0 Å². The number of likely N-dealkylation sites (tertiary alicyclic amines) is 1. The molecular formula is C20H36N4OS. The number of rotatable bonds is 9. The Kier molecular flexibility index (Phi) is 9.43. The van der Waals surface area contributed by atoms with Crippen molar-refractivity contribution in [1.82, 2.24) is 15.5 Å². The van der Waals surface area contributed by atoms with Gasteiger partial charge in [-0.05, 0) is 56.0 Å². The Bertz CT molecular complexity index is 510. The average molecular weight is 381 g/mol. The Labute approximate surface area is 163 Å². The maximum Gasteiger partial charge on any atom is 0.191 e. The van der Waals surface area contributed by atoms with Crippen molar-refractivity contribution in [2.24, 2.45) is 4.99 Å². The second kappa shape index (κ2) is 11.6. The van der Waals surface area contributed by atoms with Crippen LogP contribution < -0.4 is 10.6 Å². The van der Waals surface area contributed by atoms with Gasteiger partial charge in [0, 0.05) is 44.7 Å². The third kappa shape index (κ3) is 7.64. The summed E-state index contributed by atoms with van der Waals surface area (Å²) in [5.74, 6) is 1.41. The van der Waals surface area contributed by atoms with Crippen LogP contribution in [-0.2, 0) is 4.74 Å².